The van der Waals surface area contributed by atoms with Crippen LogP contribution in [0.3, 0.4) is 0 Å². The van der Waals surface area contributed by atoms with Crippen LogP contribution in [0, 0.1) is 0 Å². The molecule has 4 nitrogen and oxygen atoms in total. The second kappa shape index (κ2) is 5.75. The molecule has 0 spiro atoms. The number of hydrogen-bond acceptors (Lipinski definition) is 4. The third-order valence-corrected chi connectivity index (χ3v) is 4.32. The van der Waals surface area contributed by atoms with E-state index < -0.39 is 5.60 Å². The third-order valence-electron chi connectivity index (χ3n) is 4.32. The highest BCUT2D eigenvalue weighted by molar-refractivity contribution is 5.87. The molecule has 1 aliphatic rings. The van der Waals surface area contributed by atoms with Crippen molar-refractivity contribution in [1.82, 2.24) is 0 Å². The highest BCUT2D eigenvalue weighted by Gasteiger charge is 2.37. The summed E-state index contributed by atoms with van der Waals surface area (Å²) in [6.45, 7) is 1.47. The highest BCUT2D eigenvalue weighted by Crippen LogP contribution is 2.38. The van der Waals surface area contributed by atoms with Crippen molar-refractivity contribution in [3.8, 4) is 0 Å². The van der Waals surface area contributed by atoms with Crippen molar-refractivity contribution in [3.05, 3.63) is 29.3 Å². The molecule has 0 unspecified atom stereocenters. The maximum absolute atomic E-state index is 11.5. The Bertz CT molecular complexity index is 529. The first-order valence-electron chi connectivity index (χ1n) is 7.01. The second-order valence-corrected chi connectivity index (χ2v) is 5.64. The van der Waals surface area contributed by atoms with E-state index in [4.69, 9.17) is 5.73 Å². The van der Waals surface area contributed by atoms with E-state index >= 15 is 0 Å². The minimum atomic E-state index is -1.11. The lowest BCUT2D eigenvalue weighted by Crippen LogP contribution is -2.40. The van der Waals surface area contributed by atoms with Crippen LogP contribution < -0.4 is 5.73 Å². The molecule has 0 saturated heterocycles. The van der Waals surface area contributed by atoms with Gasteiger partial charge in [0, 0.05) is 24.5 Å². The van der Waals surface area contributed by atoms with Crippen molar-refractivity contribution in [1.29, 1.82) is 0 Å². The summed E-state index contributed by atoms with van der Waals surface area (Å²) in [7, 11) is 1.72. The molecule has 0 atom stereocenters. The van der Waals surface area contributed by atoms with Crippen molar-refractivity contribution in [2.75, 3.05) is 12.8 Å². The molecule has 1 aromatic rings. The number of nitrogen functional groups attached to an aromatic ring is 1. The zero-order valence-corrected chi connectivity index (χ0v) is 12.1. The molecule has 0 radical (unpaired) electrons. The van der Waals surface area contributed by atoms with Gasteiger partial charge in [-0.2, -0.15) is 0 Å². The van der Waals surface area contributed by atoms with E-state index in [1.54, 1.807) is 13.3 Å². The number of Topliss-reactive ketones (excluding diaryl/α,β-unsaturated/α-hetero) is 1. The molecular formula is C16H22N2O2. The predicted octanol–water partition coefficient (Wildman–Crippen LogP) is 2.30. The number of nitrogens with two attached hydrogens (primary N) is 1. The SMILES string of the molecule is CN=Cc1cc(C2CCC(O)(C(C)=O)CC2)ccc1N. The zero-order chi connectivity index (χ0) is 14.8. The number of anilines is 1. The van der Waals surface area contributed by atoms with E-state index in [1.165, 1.54) is 12.5 Å². The minimum Gasteiger partial charge on any atom is -0.398 e. The first-order valence-corrected chi connectivity index (χ1v) is 7.01. The molecule has 2 rings (SSSR count). The van der Waals surface area contributed by atoms with Gasteiger partial charge in [-0.05, 0) is 56.2 Å². The summed E-state index contributed by atoms with van der Waals surface area (Å²) in [5.41, 5.74) is 7.65. The van der Waals surface area contributed by atoms with Crippen molar-refractivity contribution in [3.63, 3.8) is 0 Å². The van der Waals surface area contributed by atoms with Gasteiger partial charge in [0.05, 0.1) is 0 Å². The van der Waals surface area contributed by atoms with Gasteiger partial charge in [-0.15, -0.1) is 0 Å². The largest absolute Gasteiger partial charge is 0.398 e. The molecule has 0 amide bonds. The van der Waals surface area contributed by atoms with E-state index in [-0.39, 0.29) is 5.78 Å². The molecule has 1 saturated carbocycles. The van der Waals surface area contributed by atoms with Crippen LogP contribution in [0.5, 0.6) is 0 Å². The van der Waals surface area contributed by atoms with Gasteiger partial charge in [0.25, 0.3) is 0 Å². The van der Waals surface area contributed by atoms with Gasteiger partial charge < -0.3 is 10.8 Å². The Kier molecular flexibility index (Phi) is 4.23. The van der Waals surface area contributed by atoms with Gasteiger partial charge in [0.2, 0.25) is 0 Å². The zero-order valence-electron chi connectivity index (χ0n) is 12.1. The molecule has 0 aliphatic heterocycles. The Hall–Kier alpha value is -1.68. The topological polar surface area (TPSA) is 75.7 Å². The lowest BCUT2D eigenvalue weighted by molar-refractivity contribution is -0.138. The number of benzene rings is 1. The fourth-order valence-electron chi connectivity index (χ4n) is 2.88. The summed E-state index contributed by atoms with van der Waals surface area (Å²) in [4.78, 5) is 15.5. The maximum atomic E-state index is 11.5. The lowest BCUT2D eigenvalue weighted by atomic mass is 9.74. The van der Waals surface area contributed by atoms with E-state index in [0.717, 1.165) is 24.1 Å². The number of aliphatic imine (C=N–C) groups is 1. The Labute approximate surface area is 119 Å². The predicted molar refractivity (Wildman–Crippen MR) is 81.2 cm³/mol. The highest BCUT2D eigenvalue weighted by atomic mass is 16.3. The van der Waals surface area contributed by atoms with Crippen molar-refractivity contribution < 1.29 is 9.90 Å². The molecule has 1 aliphatic carbocycles. The lowest BCUT2D eigenvalue weighted by Gasteiger charge is -2.34. The molecule has 0 heterocycles. The summed E-state index contributed by atoms with van der Waals surface area (Å²) < 4.78 is 0. The number of nitrogens with zero attached hydrogens (tertiary/aromatic N) is 1. The molecule has 108 valence electrons. The first-order chi connectivity index (χ1) is 9.46. The van der Waals surface area contributed by atoms with Crippen LogP contribution in [0.4, 0.5) is 5.69 Å². The second-order valence-electron chi connectivity index (χ2n) is 5.64. The summed E-state index contributed by atoms with van der Waals surface area (Å²) in [6, 6.07) is 5.99. The normalized spacial score (nSPS) is 26.9. The summed E-state index contributed by atoms with van der Waals surface area (Å²) in [5, 5.41) is 10.2. The number of hydrogen-bond donors (Lipinski definition) is 2. The number of rotatable bonds is 3. The molecule has 20 heavy (non-hydrogen) atoms. The van der Waals surface area contributed by atoms with E-state index in [0.29, 0.717) is 18.8 Å². The van der Waals surface area contributed by atoms with Crippen LogP contribution in [0.1, 0.15) is 49.7 Å². The standard InChI is InChI=1S/C16H22N2O2/c1-11(19)16(20)7-5-12(6-8-16)13-3-4-15(17)14(9-13)10-18-2/h3-4,9-10,12,20H,5-8,17H2,1-2H3. The average Bonchev–Trinajstić information content (AvgIpc) is 2.42. The summed E-state index contributed by atoms with van der Waals surface area (Å²) in [6.07, 6.45) is 4.47. The van der Waals surface area contributed by atoms with Crippen molar-refractivity contribution in [2.45, 2.75) is 44.1 Å². The molecular weight excluding hydrogens is 252 g/mol. The number of aliphatic hydroxyl groups is 1. The average molecular weight is 274 g/mol. The quantitative estimate of drug-likeness (QED) is 0.656. The van der Waals surface area contributed by atoms with Gasteiger partial charge in [-0.3, -0.25) is 9.79 Å². The van der Waals surface area contributed by atoms with Crippen molar-refractivity contribution >= 4 is 17.7 Å². The Morgan fingerprint density at radius 3 is 2.65 bits per heavy atom. The smallest absolute Gasteiger partial charge is 0.161 e. The van der Waals surface area contributed by atoms with Crippen LogP contribution in [0.2, 0.25) is 0 Å². The Morgan fingerprint density at radius 1 is 1.45 bits per heavy atom. The van der Waals surface area contributed by atoms with Gasteiger partial charge in [0.15, 0.2) is 5.78 Å². The van der Waals surface area contributed by atoms with E-state index in [2.05, 4.69) is 11.1 Å². The number of ketones is 1. The summed E-state index contributed by atoms with van der Waals surface area (Å²) in [5.74, 6) is 0.256. The fourth-order valence-corrected chi connectivity index (χ4v) is 2.88. The minimum absolute atomic E-state index is 0.118. The third kappa shape index (κ3) is 2.90. The van der Waals surface area contributed by atoms with Gasteiger partial charge >= 0.3 is 0 Å². The molecule has 4 heteroatoms. The van der Waals surface area contributed by atoms with Crippen molar-refractivity contribution in [2.24, 2.45) is 4.99 Å². The van der Waals surface area contributed by atoms with Gasteiger partial charge in [-0.25, -0.2) is 0 Å². The van der Waals surface area contributed by atoms with Gasteiger partial charge in [-0.1, -0.05) is 6.07 Å². The fraction of sp³-hybridized carbons (Fsp3) is 0.500. The Balaban J connectivity index is 2.15. The maximum Gasteiger partial charge on any atom is 0.161 e. The summed E-state index contributed by atoms with van der Waals surface area (Å²) >= 11 is 0. The molecule has 3 N–H and O–H groups in total. The van der Waals surface area contributed by atoms with E-state index in [1.807, 2.05) is 12.1 Å². The van der Waals surface area contributed by atoms with Crippen LogP contribution in [0.25, 0.3) is 0 Å². The molecule has 1 fully saturated rings. The molecule has 1 aromatic carbocycles. The number of carbonyl (C=O) groups excluding carboxylic acids is 1. The van der Waals surface area contributed by atoms with Crippen LogP contribution in [0.15, 0.2) is 23.2 Å². The monoisotopic (exact) mass is 274 g/mol. The number of carbonyl (C=O) groups is 1. The van der Waals surface area contributed by atoms with Crippen LogP contribution in [-0.2, 0) is 4.79 Å². The first kappa shape index (κ1) is 14.7. The van der Waals surface area contributed by atoms with Crippen LogP contribution in [-0.4, -0.2) is 29.8 Å². The van der Waals surface area contributed by atoms with Crippen LogP contribution >= 0.6 is 0 Å². The Morgan fingerprint density at radius 2 is 2.10 bits per heavy atom. The van der Waals surface area contributed by atoms with E-state index in [9.17, 15) is 9.90 Å². The van der Waals surface area contributed by atoms with Gasteiger partial charge in [0.1, 0.15) is 5.60 Å². The molecule has 0 aromatic heterocycles. The molecule has 0 bridgehead atoms.